The van der Waals surface area contributed by atoms with Gasteiger partial charge in [-0.15, -0.1) is 0 Å². The maximum absolute atomic E-state index is 13.1. The molecule has 0 N–H and O–H groups in total. The van der Waals surface area contributed by atoms with E-state index in [2.05, 4.69) is 0 Å². The molecule has 0 amide bonds. The van der Waals surface area contributed by atoms with E-state index in [1.807, 2.05) is 44.1 Å². The van der Waals surface area contributed by atoms with Crippen molar-refractivity contribution in [3.8, 4) is 0 Å². The molecule has 5 nitrogen and oxygen atoms in total. The van der Waals surface area contributed by atoms with Crippen molar-refractivity contribution in [2.24, 2.45) is 0 Å². The van der Waals surface area contributed by atoms with Gasteiger partial charge in [0.05, 0.1) is 17.4 Å². The van der Waals surface area contributed by atoms with Gasteiger partial charge in [0.25, 0.3) is 5.56 Å². The van der Waals surface area contributed by atoms with Crippen LogP contribution in [0.25, 0.3) is 10.9 Å². The molecular formula is C20H22FN3O2. The Balaban J connectivity index is 2.19. The third-order valence-corrected chi connectivity index (χ3v) is 4.40. The summed E-state index contributed by atoms with van der Waals surface area (Å²) in [6, 6.07) is 11.4. The van der Waals surface area contributed by atoms with Crippen LogP contribution in [0.15, 0.2) is 52.1 Å². The monoisotopic (exact) mass is 355 g/mol. The highest BCUT2D eigenvalue weighted by Gasteiger charge is 2.14. The van der Waals surface area contributed by atoms with Crippen molar-refractivity contribution in [1.82, 2.24) is 14.0 Å². The molecule has 2 aromatic carbocycles. The molecule has 0 saturated carbocycles. The number of aryl methyl sites for hydroxylation is 1. The van der Waals surface area contributed by atoms with E-state index in [4.69, 9.17) is 0 Å². The first-order valence-corrected chi connectivity index (χ1v) is 8.50. The van der Waals surface area contributed by atoms with Crippen molar-refractivity contribution in [3.63, 3.8) is 0 Å². The van der Waals surface area contributed by atoms with Gasteiger partial charge < -0.3 is 4.90 Å². The van der Waals surface area contributed by atoms with Crippen molar-refractivity contribution in [1.29, 1.82) is 0 Å². The molecule has 0 unspecified atom stereocenters. The number of aromatic nitrogens is 2. The molecule has 0 fully saturated rings. The summed E-state index contributed by atoms with van der Waals surface area (Å²) in [5.74, 6) is -0.348. The Labute approximate surface area is 150 Å². The number of halogens is 1. The minimum atomic E-state index is -0.350. The van der Waals surface area contributed by atoms with Gasteiger partial charge in [-0.25, -0.2) is 9.18 Å². The zero-order chi connectivity index (χ0) is 18.8. The van der Waals surface area contributed by atoms with Gasteiger partial charge in [0.15, 0.2) is 0 Å². The van der Waals surface area contributed by atoms with Crippen LogP contribution in [-0.2, 0) is 13.1 Å². The summed E-state index contributed by atoms with van der Waals surface area (Å²) in [4.78, 5) is 27.9. The smallest absolute Gasteiger partial charge is 0.308 e. The zero-order valence-corrected chi connectivity index (χ0v) is 15.2. The number of fused-ring (bicyclic) bond motifs is 1. The second-order valence-corrected chi connectivity index (χ2v) is 6.78. The third-order valence-electron chi connectivity index (χ3n) is 4.40. The fourth-order valence-electron chi connectivity index (χ4n) is 2.97. The number of hydrogen-bond donors (Lipinski definition) is 0. The Hall–Kier alpha value is -2.73. The summed E-state index contributed by atoms with van der Waals surface area (Å²) in [5, 5.41) is 0.519. The molecule has 26 heavy (non-hydrogen) atoms. The van der Waals surface area contributed by atoms with Crippen LogP contribution in [0.4, 0.5) is 4.39 Å². The van der Waals surface area contributed by atoms with E-state index in [1.54, 1.807) is 16.7 Å². The minimum Gasteiger partial charge on any atom is -0.308 e. The van der Waals surface area contributed by atoms with E-state index >= 15 is 0 Å². The quantitative estimate of drug-likeness (QED) is 0.705. The van der Waals surface area contributed by atoms with E-state index in [0.29, 0.717) is 29.6 Å². The Morgan fingerprint density at radius 1 is 1.00 bits per heavy atom. The fraction of sp³-hybridized carbons (Fsp3) is 0.300. The first-order chi connectivity index (χ1) is 12.4. The number of hydrogen-bond acceptors (Lipinski definition) is 3. The maximum Gasteiger partial charge on any atom is 0.331 e. The lowest BCUT2D eigenvalue weighted by atomic mass is 10.1. The van der Waals surface area contributed by atoms with Crippen molar-refractivity contribution in [2.45, 2.75) is 20.0 Å². The molecule has 6 heteroatoms. The van der Waals surface area contributed by atoms with E-state index in [1.165, 1.54) is 16.7 Å². The highest BCUT2D eigenvalue weighted by atomic mass is 19.1. The van der Waals surface area contributed by atoms with Gasteiger partial charge in [0.2, 0.25) is 0 Å². The molecule has 0 atom stereocenters. The predicted octanol–water partition coefficient (Wildman–Crippen LogP) is 2.22. The fourth-order valence-corrected chi connectivity index (χ4v) is 2.97. The lowest BCUT2D eigenvalue weighted by molar-refractivity contribution is 0.380. The highest BCUT2D eigenvalue weighted by Crippen LogP contribution is 2.12. The van der Waals surface area contributed by atoms with E-state index in [0.717, 1.165) is 5.56 Å². The lowest BCUT2D eigenvalue weighted by Crippen LogP contribution is -2.41. The molecular weight excluding hydrogens is 333 g/mol. The topological polar surface area (TPSA) is 47.2 Å². The number of benzene rings is 2. The van der Waals surface area contributed by atoms with Crippen LogP contribution in [0.2, 0.25) is 0 Å². The molecule has 0 saturated heterocycles. The van der Waals surface area contributed by atoms with Crippen LogP contribution in [0.5, 0.6) is 0 Å². The van der Waals surface area contributed by atoms with Crippen LogP contribution < -0.4 is 11.2 Å². The first-order valence-electron chi connectivity index (χ1n) is 8.50. The second-order valence-electron chi connectivity index (χ2n) is 6.78. The van der Waals surface area contributed by atoms with E-state index < -0.39 is 0 Å². The lowest BCUT2D eigenvalue weighted by Gasteiger charge is -2.16. The highest BCUT2D eigenvalue weighted by molar-refractivity contribution is 5.78. The molecule has 0 bridgehead atoms. The Morgan fingerprint density at radius 3 is 2.35 bits per heavy atom. The van der Waals surface area contributed by atoms with Gasteiger partial charge in [-0.2, -0.15) is 0 Å². The second kappa shape index (κ2) is 7.25. The van der Waals surface area contributed by atoms with Crippen molar-refractivity contribution < 1.29 is 4.39 Å². The van der Waals surface area contributed by atoms with Gasteiger partial charge in [-0.1, -0.05) is 23.8 Å². The molecule has 3 rings (SSSR count). The molecule has 0 aliphatic rings. The number of likely N-dealkylation sites (N-methyl/N-ethyl adjacent to an activating group) is 1. The zero-order valence-electron chi connectivity index (χ0n) is 15.2. The Bertz CT molecular complexity index is 1050. The summed E-state index contributed by atoms with van der Waals surface area (Å²) >= 11 is 0. The van der Waals surface area contributed by atoms with Gasteiger partial charge in [0.1, 0.15) is 5.82 Å². The number of nitrogens with zero attached hydrogens (tertiary/aromatic N) is 3. The molecule has 1 heterocycles. The van der Waals surface area contributed by atoms with Crippen LogP contribution >= 0.6 is 0 Å². The van der Waals surface area contributed by atoms with Gasteiger partial charge in [-0.3, -0.25) is 13.9 Å². The maximum atomic E-state index is 13.1. The minimum absolute atomic E-state index is 0.115. The van der Waals surface area contributed by atoms with Crippen molar-refractivity contribution in [3.05, 3.63) is 80.2 Å². The molecule has 3 aromatic rings. The summed E-state index contributed by atoms with van der Waals surface area (Å²) in [7, 11) is 3.87. The van der Waals surface area contributed by atoms with Crippen LogP contribution in [0.3, 0.4) is 0 Å². The third kappa shape index (κ3) is 3.60. The Morgan fingerprint density at radius 2 is 1.69 bits per heavy atom. The summed E-state index contributed by atoms with van der Waals surface area (Å²) in [6.45, 7) is 3.19. The van der Waals surface area contributed by atoms with Crippen LogP contribution in [-0.4, -0.2) is 34.7 Å². The standard InChI is InChI=1S/C20H22FN3O2/c1-14-4-9-18-17(12-14)19(25)24(13-15-5-7-16(21)8-6-15)20(26)23(18)11-10-22(2)3/h4-9,12H,10-11,13H2,1-3H3. The summed E-state index contributed by atoms with van der Waals surface area (Å²) in [6.07, 6.45) is 0. The van der Waals surface area contributed by atoms with Crippen LogP contribution in [0.1, 0.15) is 11.1 Å². The predicted molar refractivity (Wildman–Crippen MR) is 101 cm³/mol. The van der Waals surface area contributed by atoms with Crippen molar-refractivity contribution >= 4 is 10.9 Å². The molecule has 0 aliphatic heterocycles. The summed E-state index contributed by atoms with van der Waals surface area (Å²) < 4.78 is 16.0. The normalized spacial score (nSPS) is 11.4. The SMILES string of the molecule is Cc1ccc2c(c1)c(=O)n(Cc1ccc(F)cc1)c(=O)n2CCN(C)C. The molecule has 0 spiro atoms. The van der Waals surface area contributed by atoms with Gasteiger partial charge >= 0.3 is 5.69 Å². The average Bonchev–Trinajstić information content (AvgIpc) is 2.60. The first kappa shape index (κ1) is 18.1. The summed E-state index contributed by atoms with van der Waals surface area (Å²) in [5.41, 5.74) is 1.64. The van der Waals surface area contributed by atoms with Crippen LogP contribution in [0, 0.1) is 12.7 Å². The molecule has 1 aromatic heterocycles. The molecule has 0 radical (unpaired) electrons. The van der Waals surface area contributed by atoms with Gasteiger partial charge in [0, 0.05) is 13.1 Å². The molecule has 136 valence electrons. The van der Waals surface area contributed by atoms with Gasteiger partial charge in [-0.05, 0) is 50.8 Å². The largest absolute Gasteiger partial charge is 0.331 e. The Kier molecular flexibility index (Phi) is 5.04. The van der Waals surface area contributed by atoms with E-state index in [-0.39, 0.29) is 23.6 Å². The number of rotatable bonds is 5. The average molecular weight is 355 g/mol. The van der Waals surface area contributed by atoms with Crippen molar-refractivity contribution in [2.75, 3.05) is 20.6 Å². The molecule has 0 aliphatic carbocycles. The van der Waals surface area contributed by atoms with E-state index in [9.17, 15) is 14.0 Å².